The van der Waals surface area contributed by atoms with Gasteiger partial charge in [-0.1, -0.05) is 72.3 Å². The van der Waals surface area contributed by atoms with Crippen molar-refractivity contribution in [3.63, 3.8) is 0 Å². The highest BCUT2D eigenvalue weighted by Gasteiger charge is 2.28. The van der Waals surface area contributed by atoms with Crippen molar-refractivity contribution in [3.05, 3.63) is 95.6 Å². The molecule has 3 aromatic carbocycles. The molecule has 166 valence electrons. The van der Waals surface area contributed by atoms with Gasteiger partial charge in [0.15, 0.2) is 5.76 Å². The highest BCUT2D eigenvalue weighted by Crippen LogP contribution is 2.43. The van der Waals surface area contributed by atoms with Crippen LogP contribution in [0.3, 0.4) is 0 Å². The Hall–Kier alpha value is -4.12. The number of furan rings is 1. The summed E-state index contributed by atoms with van der Waals surface area (Å²) in [6, 6.07) is 25.0. The molecule has 0 radical (unpaired) electrons. The molecular weight excluding hydrogens is 414 g/mol. The van der Waals surface area contributed by atoms with E-state index in [-0.39, 0.29) is 6.61 Å². The number of esters is 1. The van der Waals surface area contributed by atoms with Crippen LogP contribution in [-0.4, -0.2) is 25.9 Å². The first-order valence-electron chi connectivity index (χ1n) is 10.7. The second kappa shape index (κ2) is 10.0. The van der Waals surface area contributed by atoms with Crippen molar-refractivity contribution in [1.82, 2.24) is 0 Å². The van der Waals surface area contributed by atoms with Crippen molar-refractivity contribution < 1.29 is 18.7 Å². The number of benzene rings is 3. The van der Waals surface area contributed by atoms with Crippen LogP contribution in [0.4, 0.5) is 5.88 Å². The van der Waals surface area contributed by atoms with Crippen LogP contribution < -0.4 is 4.74 Å². The molecule has 1 aromatic heterocycles. The molecule has 0 saturated carbocycles. The average molecular weight is 440 g/mol. The Kier molecular flexibility index (Phi) is 6.69. The summed E-state index contributed by atoms with van der Waals surface area (Å²) in [4.78, 5) is 17.8. The highest BCUT2D eigenvalue weighted by molar-refractivity contribution is 6.06. The summed E-state index contributed by atoms with van der Waals surface area (Å²) in [7, 11) is 1.61. The Morgan fingerprint density at radius 1 is 0.939 bits per heavy atom. The molecule has 4 rings (SSSR count). The smallest absolute Gasteiger partial charge is 0.342 e. The van der Waals surface area contributed by atoms with Crippen molar-refractivity contribution in [2.45, 2.75) is 13.8 Å². The van der Waals surface area contributed by atoms with Crippen molar-refractivity contribution >= 4 is 18.1 Å². The maximum Gasteiger partial charge on any atom is 0.342 e. The van der Waals surface area contributed by atoms with Gasteiger partial charge in [0.2, 0.25) is 5.88 Å². The summed E-state index contributed by atoms with van der Waals surface area (Å²) in [6.07, 6.45) is 1.73. The molecule has 0 aliphatic rings. The molecule has 0 spiro atoms. The summed E-state index contributed by atoms with van der Waals surface area (Å²) in [6.45, 7) is 4.07. The Morgan fingerprint density at radius 3 is 2.27 bits per heavy atom. The summed E-state index contributed by atoms with van der Waals surface area (Å²) in [5, 5.41) is 0. The number of ether oxygens (including phenoxy) is 2. The van der Waals surface area contributed by atoms with Gasteiger partial charge in [0.25, 0.3) is 0 Å². The zero-order valence-electron chi connectivity index (χ0n) is 18.9. The molecule has 33 heavy (non-hydrogen) atoms. The Labute approximate surface area is 193 Å². The largest absolute Gasteiger partial charge is 0.497 e. The van der Waals surface area contributed by atoms with Crippen LogP contribution in [0.1, 0.15) is 28.4 Å². The Morgan fingerprint density at radius 2 is 1.64 bits per heavy atom. The molecule has 4 aromatic rings. The van der Waals surface area contributed by atoms with Gasteiger partial charge in [-0.05, 0) is 37.1 Å². The second-order valence-electron chi connectivity index (χ2n) is 7.47. The number of rotatable bonds is 7. The predicted molar refractivity (Wildman–Crippen MR) is 131 cm³/mol. The van der Waals surface area contributed by atoms with E-state index in [4.69, 9.17) is 13.9 Å². The van der Waals surface area contributed by atoms with E-state index in [9.17, 15) is 4.79 Å². The maximum absolute atomic E-state index is 13.1. The lowest BCUT2D eigenvalue weighted by atomic mass is 9.99. The molecule has 0 fully saturated rings. The lowest BCUT2D eigenvalue weighted by Gasteiger charge is -2.07. The van der Waals surface area contributed by atoms with Crippen LogP contribution in [0.2, 0.25) is 0 Å². The number of hydrogen-bond donors (Lipinski definition) is 0. The maximum atomic E-state index is 13.1. The highest BCUT2D eigenvalue weighted by atomic mass is 16.5. The van der Waals surface area contributed by atoms with Crippen molar-refractivity contribution in [3.8, 4) is 28.2 Å². The first-order valence-corrected chi connectivity index (χ1v) is 10.7. The van der Waals surface area contributed by atoms with Crippen molar-refractivity contribution in [2.24, 2.45) is 4.99 Å². The number of nitrogens with zero attached hydrogens (tertiary/aromatic N) is 1. The summed E-state index contributed by atoms with van der Waals surface area (Å²) in [5.41, 5.74) is 4.58. The summed E-state index contributed by atoms with van der Waals surface area (Å²) >= 11 is 0. The molecule has 0 saturated heterocycles. The minimum Gasteiger partial charge on any atom is -0.497 e. The zero-order valence-corrected chi connectivity index (χ0v) is 18.9. The third-order valence-corrected chi connectivity index (χ3v) is 5.19. The monoisotopic (exact) mass is 439 g/mol. The van der Waals surface area contributed by atoms with Gasteiger partial charge in [-0.15, -0.1) is 0 Å². The zero-order chi connectivity index (χ0) is 23.2. The van der Waals surface area contributed by atoms with Crippen LogP contribution in [-0.2, 0) is 4.74 Å². The van der Waals surface area contributed by atoms with Crippen LogP contribution in [0.25, 0.3) is 22.5 Å². The number of hydrogen-bond acceptors (Lipinski definition) is 5. The molecule has 0 N–H and O–H groups in total. The quantitative estimate of drug-likeness (QED) is 0.233. The fourth-order valence-corrected chi connectivity index (χ4v) is 3.51. The number of methoxy groups -OCH3 is 1. The average Bonchev–Trinajstić information content (AvgIpc) is 3.24. The molecular formula is C28H25NO4. The van der Waals surface area contributed by atoms with Gasteiger partial charge in [0.05, 0.1) is 19.3 Å². The van der Waals surface area contributed by atoms with Crippen LogP contribution in [0.5, 0.6) is 5.75 Å². The van der Waals surface area contributed by atoms with Gasteiger partial charge in [-0.25, -0.2) is 9.79 Å². The molecule has 0 unspecified atom stereocenters. The van der Waals surface area contributed by atoms with E-state index < -0.39 is 5.97 Å². The first-order chi connectivity index (χ1) is 16.1. The summed E-state index contributed by atoms with van der Waals surface area (Å²) < 4.78 is 16.9. The molecule has 1 heterocycles. The Bertz CT molecular complexity index is 1250. The molecule has 0 atom stereocenters. The Balaban J connectivity index is 1.93. The summed E-state index contributed by atoms with van der Waals surface area (Å²) in [5.74, 6) is 1.02. The molecule has 0 aliphatic carbocycles. The SMILES string of the molecule is CCOC(=O)c1c(-c2ccccc2)oc(/N=C/c2ccc(C)cc2)c1-c1ccc(OC)cc1. The fraction of sp³-hybridized carbons (Fsp3) is 0.143. The first kappa shape index (κ1) is 22.1. The van der Waals surface area contributed by atoms with Gasteiger partial charge in [-0.2, -0.15) is 0 Å². The lowest BCUT2D eigenvalue weighted by molar-refractivity contribution is 0.0527. The van der Waals surface area contributed by atoms with E-state index in [2.05, 4.69) is 4.99 Å². The minimum atomic E-state index is -0.456. The van der Waals surface area contributed by atoms with E-state index in [1.54, 1.807) is 20.2 Å². The molecule has 0 aliphatic heterocycles. The van der Waals surface area contributed by atoms with E-state index in [1.165, 1.54) is 5.56 Å². The van der Waals surface area contributed by atoms with Crippen molar-refractivity contribution in [2.75, 3.05) is 13.7 Å². The number of aliphatic imine (C=N–C) groups is 1. The van der Waals surface area contributed by atoms with Crippen LogP contribution in [0.15, 0.2) is 88.3 Å². The van der Waals surface area contributed by atoms with Gasteiger partial charge in [0, 0.05) is 11.8 Å². The van der Waals surface area contributed by atoms with Gasteiger partial charge in [-0.3, -0.25) is 0 Å². The molecule has 0 amide bonds. The minimum absolute atomic E-state index is 0.252. The third-order valence-electron chi connectivity index (χ3n) is 5.19. The topological polar surface area (TPSA) is 61.0 Å². The van der Waals surface area contributed by atoms with Crippen LogP contribution in [0, 0.1) is 6.92 Å². The lowest BCUT2D eigenvalue weighted by Crippen LogP contribution is -2.06. The molecule has 0 bridgehead atoms. The third kappa shape index (κ3) is 4.88. The van der Waals surface area contributed by atoms with Crippen LogP contribution >= 0.6 is 0 Å². The molecule has 5 nitrogen and oxygen atoms in total. The van der Waals surface area contributed by atoms with Gasteiger partial charge >= 0.3 is 5.97 Å². The van der Waals surface area contributed by atoms with E-state index in [0.717, 1.165) is 16.7 Å². The molecule has 5 heteroatoms. The van der Waals surface area contributed by atoms with E-state index >= 15 is 0 Å². The van der Waals surface area contributed by atoms with Gasteiger partial charge < -0.3 is 13.9 Å². The van der Waals surface area contributed by atoms with E-state index in [1.807, 2.05) is 85.8 Å². The fourth-order valence-electron chi connectivity index (χ4n) is 3.51. The predicted octanol–water partition coefficient (Wildman–Crippen LogP) is 6.86. The standard InChI is InChI=1S/C28H25NO4/c1-4-32-28(30)25-24(21-14-16-23(31-3)17-15-21)27(29-18-20-12-10-19(2)11-13-20)33-26(25)22-8-6-5-7-9-22/h5-18H,4H2,1-3H3/b29-18+. The number of carbonyl (C=O) groups is 1. The van der Waals surface area contributed by atoms with Gasteiger partial charge in [0.1, 0.15) is 11.3 Å². The number of carbonyl (C=O) groups excluding carboxylic acids is 1. The van der Waals surface area contributed by atoms with Crippen molar-refractivity contribution in [1.29, 1.82) is 0 Å². The number of aryl methyl sites for hydroxylation is 1. The second-order valence-corrected chi connectivity index (χ2v) is 7.47. The normalized spacial score (nSPS) is 11.0. The van der Waals surface area contributed by atoms with E-state index in [0.29, 0.717) is 28.5 Å².